The van der Waals surface area contributed by atoms with Gasteiger partial charge < -0.3 is 13.7 Å². The van der Waals surface area contributed by atoms with Crippen LogP contribution in [-0.2, 0) is 21.7 Å². The maximum Gasteiger partial charge on any atom is 0.252 e. The lowest BCUT2D eigenvalue weighted by Gasteiger charge is -2.35. The number of hydrogen-bond acceptors (Lipinski definition) is 3. The SMILES string of the molecule is CC(C)(C)c1cc(-c2cc3c4c(c2)c2ccccc2n4-c2cc(-c4ccc5c(c4)c4ccccc4n5-c4ccccc4-c4nc(-c5ccccc5)nc(-c5ccccc5)n4)cc4c2B3c2cc(-c3cc(C(C)(C)C)cc(C(C)(C)C)c3)cc3c5ccccc5n-4c23)cc(C(C)(C)C)c1. The molecule has 6 nitrogen and oxygen atoms in total. The van der Waals surface area contributed by atoms with Crippen molar-refractivity contribution >= 4 is 88.5 Å². The molecule has 0 radical (unpaired) electrons. The average molecular weight is 1270 g/mol. The molecule has 6 heterocycles. The Hall–Kier alpha value is -10.9. The Kier molecular flexibility index (Phi) is 13.0. The summed E-state index contributed by atoms with van der Waals surface area (Å²) in [6.45, 7) is 28.1. The molecule has 4 aromatic heterocycles. The highest BCUT2D eigenvalue weighted by Gasteiger charge is 2.42. The van der Waals surface area contributed by atoms with Crippen molar-refractivity contribution in [1.29, 1.82) is 0 Å². The fraction of sp³-hybridized carbons (Fsp3) is 0.176. The molecule has 0 N–H and O–H groups in total. The molecule has 12 aromatic carbocycles. The Balaban J connectivity index is 0.907. The Morgan fingerprint density at radius 3 is 1.07 bits per heavy atom. The highest BCUT2D eigenvalue weighted by Crippen LogP contribution is 2.46. The molecule has 18 rings (SSSR count). The zero-order valence-corrected chi connectivity index (χ0v) is 57.9. The Bertz CT molecular complexity index is 5690. The summed E-state index contributed by atoms with van der Waals surface area (Å²) in [5, 5.41) is 7.38. The smallest absolute Gasteiger partial charge is 0.252 e. The van der Waals surface area contributed by atoms with Crippen LogP contribution in [-0.4, -0.2) is 35.4 Å². The molecule has 0 atom stereocenters. The molecule has 2 aliphatic heterocycles. The molecule has 0 unspecified atom stereocenters. The van der Waals surface area contributed by atoms with Gasteiger partial charge in [0.2, 0.25) is 0 Å². The Morgan fingerprint density at radius 2 is 0.612 bits per heavy atom. The molecule has 0 fully saturated rings. The summed E-state index contributed by atoms with van der Waals surface area (Å²) in [6.07, 6.45) is 0. The van der Waals surface area contributed by atoms with E-state index in [0.717, 1.165) is 49.9 Å². The van der Waals surface area contributed by atoms with Gasteiger partial charge in [-0.05, 0) is 160 Å². The molecular weight excluding hydrogens is 1190 g/mol. The molecule has 0 aliphatic carbocycles. The van der Waals surface area contributed by atoms with Gasteiger partial charge in [0.05, 0.1) is 27.8 Å². The van der Waals surface area contributed by atoms with Gasteiger partial charge in [-0.15, -0.1) is 0 Å². The number of benzene rings is 12. The van der Waals surface area contributed by atoms with E-state index >= 15 is 0 Å². The van der Waals surface area contributed by atoms with Crippen LogP contribution in [0, 0.1) is 0 Å². The molecule has 0 saturated heterocycles. The molecular formula is C91H77BN6. The predicted octanol–water partition coefficient (Wildman–Crippen LogP) is 21.5. The van der Waals surface area contributed by atoms with E-state index in [0.29, 0.717) is 17.5 Å². The lowest BCUT2D eigenvalue weighted by atomic mass is 9.34. The number of fused-ring (bicyclic) bond motifs is 13. The largest absolute Gasteiger partial charge is 0.310 e. The highest BCUT2D eigenvalue weighted by molar-refractivity contribution is 7.00. The van der Waals surface area contributed by atoms with Gasteiger partial charge in [0, 0.05) is 71.4 Å². The van der Waals surface area contributed by atoms with E-state index in [-0.39, 0.29) is 28.4 Å². The van der Waals surface area contributed by atoms with Crippen molar-refractivity contribution < 1.29 is 0 Å². The van der Waals surface area contributed by atoms with E-state index in [1.54, 1.807) is 0 Å². The van der Waals surface area contributed by atoms with Crippen LogP contribution in [0.25, 0.3) is 150 Å². The fourth-order valence-electron chi connectivity index (χ4n) is 16.0. The third-order valence-electron chi connectivity index (χ3n) is 21.2. The standard InChI is InChI=1S/C91H77BN6/c1-88(2,3)62-41-57(42-63(52-62)89(4,5)6)59-46-71-67-32-20-24-36-76(67)97-80-50-61(51-81-82(80)92(73(48-59)83(71)97)74-49-60(47-72-68-33-21-25-37-77(68)98(81)84(72)74)58-43-64(90(7,8)9)53-65(44-58)91(10,11)12)56-39-40-79-70(45-56)66-31-19-23-35-75(66)96(79)78-38-26-22-34-69(78)87-94-85(54-27-15-13-16-28-54)93-86(95-87)55-29-17-14-18-30-55/h13-53H,1-12H3. The number of rotatable bonds is 7. The topological polar surface area (TPSA) is 53.5 Å². The average Bonchev–Trinajstić information content (AvgIpc) is 1.45. The first-order valence-electron chi connectivity index (χ1n) is 34.8. The highest BCUT2D eigenvalue weighted by atomic mass is 15.1. The van der Waals surface area contributed by atoms with Crippen LogP contribution in [0.1, 0.15) is 105 Å². The second-order valence-corrected chi connectivity index (χ2v) is 31.7. The summed E-state index contributed by atoms with van der Waals surface area (Å²) in [7, 11) is 0. The molecule has 474 valence electrons. The monoisotopic (exact) mass is 1260 g/mol. The van der Waals surface area contributed by atoms with Crippen molar-refractivity contribution in [2.24, 2.45) is 0 Å². The van der Waals surface area contributed by atoms with Crippen molar-refractivity contribution in [3.8, 4) is 84.6 Å². The van der Waals surface area contributed by atoms with Gasteiger partial charge in [-0.3, -0.25) is 0 Å². The zero-order chi connectivity index (χ0) is 67.1. The minimum absolute atomic E-state index is 0.0552. The van der Waals surface area contributed by atoms with Gasteiger partial charge in [-0.1, -0.05) is 265 Å². The summed E-state index contributed by atoms with van der Waals surface area (Å²) in [4.78, 5) is 15.6. The van der Waals surface area contributed by atoms with Crippen molar-refractivity contribution in [3.05, 3.63) is 271 Å². The van der Waals surface area contributed by atoms with E-state index in [9.17, 15) is 0 Å². The van der Waals surface area contributed by atoms with E-state index in [4.69, 9.17) is 15.0 Å². The third kappa shape index (κ3) is 9.33. The van der Waals surface area contributed by atoms with Gasteiger partial charge in [0.1, 0.15) is 0 Å². The van der Waals surface area contributed by atoms with Gasteiger partial charge >= 0.3 is 0 Å². The molecule has 2 aliphatic rings. The van der Waals surface area contributed by atoms with Crippen LogP contribution in [0.3, 0.4) is 0 Å². The summed E-state index contributed by atoms with van der Waals surface area (Å²) >= 11 is 0. The molecule has 16 aromatic rings. The first-order valence-corrected chi connectivity index (χ1v) is 34.8. The van der Waals surface area contributed by atoms with E-state index in [2.05, 4.69) is 309 Å². The number of nitrogens with zero attached hydrogens (tertiary/aromatic N) is 6. The normalized spacial score (nSPS) is 13.1. The van der Waals surface area contributed by atoms with Gasteiger partial charge in [0.15, 0.2) is 17.5 Å². The van der Waals surface area contributed by atoms with Crippen LogP contribution in [0.15, 0.2) is 249 Å². The van der Waals surface area contributed by atoms with Gasteiger partial charge in [-0.25, -0.2) is 15.0 Å². The fourth-order valence-corrected chi connectivity index (χ4v) is 16.0. The zero-order valence-electron chi connectivity index (χ0n) is 57.9. The van der Waals surface area contributed by atoms with E-state index in [1.807, 2.05) is 36.4 Å². The van der Waals surface area contributed by atoms with Crippen LogP contribution in [0.5, 0.6) is 0 Å². The van der Waals surface area contributed by atoms with Crippen LogP contribution in [0.4, 0.5) is 0 Å². The first-order chi connectivity index (χ1) is 47.1. The van der Waals surface area contributed by atoms with Crippen molar-refractivity contribution in [3.63, 3.8) is 0 Å². The van der Waals surface area contributed by atoms with Gasteiger partial charge in [0.25, 0.3) is 6.71 Å². The summed E-state index contributed by atoms with van der Waals surface area (Å²) in [5.41, 5.74) is 29.8. The number of para-hydroxylation sites is 4. The number of hydrogen-bond donors (Lipinski definition) is 0. The number of aromatic nitrogens is 6. The quantitative estimate of drug-likeness (QED) is 0.149. The van der Waals surface area contributed by atoms with Crippen LogP contribution < -0.4 is 16.4 Å². The van der Waals surface area contributed by atoms with Crippen molar-refractivity contribution in [2.45, 2.75) is 105 Å². The maximum atomic E-state index is 5.27. The summed E-state index contributed by atoms with van der Waals surface area (Å²) < 4.78 is 7.70. The minimum Gasteiger partial charge on any atom is -0.310 e. The Labute approximate surface area is 574 Å². The summed E-state index contributed by atoms with van der Waals surface area (Å²) in [6, 6.07) is 93.5. The third-order valence-corrected chi connectivity index (χ3v) is 21.2. The molecule has 0 spiro atoms. The van der Waals surface area contributed by atoms with Crippen molar-refractivity contribution in [1.82, 2.24) is 28.7 Å². The maximum absolute atomic E-state index is 5.27. The lowest BCUT2D eigenvalue weighted by molar-refractivity contribution is 0.568. The second-order valence-electron chi connectivity index (χ2n) is 31.7. The van der Waals surface area contributed by atoms with E-state index < -0.39 is 0 Å². The molecule has 7 heteroatoms. The predicted molar refractivity (Wildman–Crippen MR) is 415 cm³/mol. The van der Waals surface area contributed by atoms with E-state index in [1.165, 1.54) is 121 Å². The molecule has 98 heavy (non-hydrogen) atoms. The lowest BCUT2D eigenvalue weighted by Crippen LogP contribution is -2.59. The van der Waals surface area contributed by atoms with Crippen LogP contribution in [0.2, 0.25) is 0 Å². The Morgan fingerprint density at radius 1 is 0.255 bits per heavy atom. The molecule has 0 saturated carbocycles. The van der Waals surface area contributed by atoms with Crippen molar-refractivity contribution in [2.75, 3.05) is 0 Å². The molecule has 0 amide bonds. The molecule has 0 bridgehead atoms. The van der Waals surface area contributed by atoms with Gasteiger partial charge in [-0.2, -0.15) is 0 Å². The minimum atomic E-state index is -0.120. The first kappa shape index (κ1) is 59.6. The summed E-state index contributed by atoms with van der Waals surface area (Å²) in [5.74, 6) is 1.87. The van der Waals surface area contributed by atoms with Crippen LogP contribution >= 0.6 is 0 Å². The second kappa shape index (κ2) is 21.3.